The molecule has 0 amide bonds. The second kappa shape index (κ2) is 4.83. The van der Waals surface area contributed by atoms with Crippen LogP contribution >= 0.6 is 11.6 Å². The molecule has 0 bridgehead atoms. The van der Waals surface area contributed by atoms with Crippen LogP contribution in [-0.4, -0.2) is 9.97 Å². The van der Waals surface area contributed by atoms with Crippen molar-refractivity contribution >= 4 is 33.4 Å². The molecule has 0 unspecified atom stereocenters. The van der Waals surface area contributed by atoms with Gasteiger partial charge in [0.1, 0.15) is 5.15 Å². The first-order valence-electron chi connectivity index (χ1n) is 6.72. The van der Waals surface area contributed by atoms with E-state index in [1.807, 2.05) is 36.4 Å². The molecule has 0 aliphatic heterocycles. The Morgan fingerprint density at radius 1 is 0.810 bits per heavy atom. The third-order valence-electron chi connectivity index (χ3n) is 3.60. The van der Waals surface area contributed by atoms with Crippen molar-refractivity contribution in [3.8, 4) is 11.1 Å². The molecule has 0 N–H and O–H groups in total. The Hall–Kier alpha value is -2.45. The predicted octanol–water partition coefficient (Wildman–Crippen LogP) is 5.10. The molecular formula is C18H11ClN2. The number of benzene rings is 2. The Balaban J connectivity index is 2.15. The third-order valence-corrected chi connectivity index (χ3v) is 3.80. The highest BCUT2D eigenvalue weighted by molar-refractivity contribution is 6.30. The number of hydrogen-bond donors (Lipinski definition) is 0. The zero-order valence-electron chi connectivity index (χ0n) is 11.1. The van der Waals surface area contributed by atoms with Crippen molar-refractivity contribution < 1.29 is 0 Å². The molecule has 4 rings (SSSR count). The third kappa shape index (κ3) is 2.05. The van der Waals surface area contributed by atoms with Crippen LogP contribution in [0.2, 0.25) is 5.15 Å². The maximum Gasteiger partial charge on any atom is 0.130 e. The Bertz CT molecular complexity index is 949. The van der Waals surface area contributed by atoms with E-state index < -0.39 is 0 Å². The molecule has 2 heterocycles. The Kier molecular flexibility index (Phi) is 2.83. The van der Waals surface area contributed by atoms with Gasteiger partial charge in [-0.25, -0.2) is 4.98 Å². The summed E-state index contributed by atoms with van der Waals surface area (Å²) in [6, 6.07) is 20.2. The molecule has 21 heavy (non-hydrogen) atoms. The number of pyridine rings is 2. The summed E-state index contributed by atoms with van der Waals surface area (Å²) in [5, 5.41) is 2.62. The summed E-state index contributed by atoms with van der Waals surface area (Å²) in [7, 11) is 0. The summed E-state index contributed by atoms with van der Waals surface area (Å²) in [5.74, 6) is 0. The van der Waals surface area contributed by atoms with Gasteiger partial charge in [0.15, 0.2) is 0 Å². The van der Waals surface area contributed by atoms with Gasteiger partial charge < -0.3 is 0 Å². The van der Waals surface area contributed by atoms with Gasteiger partial charge in [-0.2, -0.15) is 0 Å². The van der Waals surface area contributed by atoms with Crippen LogP contribution in [0.4, 0.5) is 0 Å². The molecule has 0 saturated carbocycles. The van der Waals surface area contributed by atoms with E-state index in [0.717, 1.165) is 32.9 Å². The van der Waals surface area contributed by atoms with E-state index >= 15 is 0 Å². The summed E-state index contributed by atoms with van der Waals surface area (Å²) in [5.41, 5.74) is 3.94. The van der Waals surface area contributed by atoms with Gasteiger partial charge in [-0.15, -0.1) is 0 Å². The Morgan fingerprint density at radius 2 is 1.67 bits per heavy atom. The molecular weight excluding hydrogens is 280 g/mol. The standard InChI is InChI=1S/C18H11ClN2/c19-16-11-15(12-5-2-1-3-6-12)14-9-8-13-7-4-10-20-17(13)18(14)21-16/h1-11H. The van der Waals surface area contributed by atoms with E-state index in [2.05, 4.69) is 34.2 Å². The fourth-order valence-corrected chi connectivity index (χ4v) is 2.85. The average molecular weight is 291 g/mol. The zero-order chi connectivity index (χ0) is 14.2. The molecule has 100 valence electrons. The van der Waals surface area contributed by atoms with Crippen molar-refractivity contribution in [1.29, 1.82) is 0 Å². The van der Waals surface area contributed by atoms with E-state index in [4.69, 9.17) is 11.6 Å². The molecule has 2 aromatic heterocycles. The molecule has 2 aromatic carbocycles. The predicted molar refractivity (Wildman–Crippen MR) is 87.5 cm³/mol. The summed E-state index contributed by atoms with van der Waals surface area (Å²) < 4.78 is 0. The molecule has 0 radical (unpaired) electrons. The minimum atomic E-state index is 0.486. The first-order valence-corrected chi connectivity index (χ1v) is 7.10. The Morgan fingerprint density at radius 3 is 2.52 bits per heavy atom. The maximum atomic E-state index is 6.24. The van der Waals surface area contributed by atoms with Gasteiger partial charge in [0.25, 0.3) is 0 Å². The van der Waals surface area contributed by atoms with Gasteiger partial charge in [0, 0.05) is 17.0 Å². The van der Waals surface area contributed by atoms with Gasteiger partial charge in [0.05, 0.1) is 11.0 Å². The number of halogens is 1. The van der Waals surface area contributed by atoms with Crippen molar-refractivity contribution in [1.82, 2.24) is 9.97 Å². The van der Waals surface area contributed by atoms with Crippen LogP contribution in [0, 0.1) is 0 Å². The van der Waals surface area contributed by atoms with E-state index in [1.54, 1.807) is 6.20 Å². The molecule has 0 aliphatic rings. The van der Waals surface area contributed by atoms with Gasteiger partial charge in [-0.3, -0.25) is 4.98 Å². The molecule has 0 fully saturated rings. The molecule has 2 nitrogen and oxygen atoms in total. The fourth-order valence-electron chi connectivity index (χ4n) is 2.65. The normalized spacial score (nSPS) is 11.1. The van der Waals surface area contributed by atoms with Gasteiger partial charge >= 0.3 is 0 Å². The number of aromatic nitrogens is 2. The molecule has 0 spiro atoms. The first kappa shape index (κ1) is 12.3. The van der Waals surface area contributed by atoms with Crippen LogP contribution < -0.4 is 0 Å². The van der Waals surface area contributed by atoms with Crippen LogP contribution in [0.5, 0.6) is 0 Å². The summed E-state index contributed by atoms with van der Waals surface area (Å²) in [4.78, 5) is 8.96. The van der Waals surface area contributed by atoms with Crippen molar-refractivity contribution in [2.75, 3.05) is 0 Å². The van der Waals surface area contributed by atoms with E-state index in [9.17, 15) is 0 Å². The second-order valence-corrected chi connectivity index (χ2v) is 5.28. The minimum absolute atomic E-state index is 0.486. The van der Waals surface area contributed by atoms with E-state index in [1.165, 1.54) is 0 Å². The van der Waals surface area contributed by atoms with Gasteiger partial charge in [-0.1, -0.05) is 60.1 Å². The highest BCUT2D eigenvalue weighted by Crippen LogP contribution is 2.33. The molecule has 0 saturated heterocycles. The number of fused-ring (bicyclic) bond motifs is 3. The van der Waals surface area contributed by atoms with Crippen molar-refractivity contribution in [2.24, 2.45) is 0 Å². The van der Waals surface area contributed by atoms with Crippen LogP contribution in [0.3, 0.4) is 0 Å². The smallest absolute Gasteiger partial charge is 0.130 e. The van der Waals surface area contributed by atoms with Crippen LogP contribution in [0.25, 0.3) is 32.9 Å². The lowest BCUT2D eigenvalue weighted by Gasteiger charge is -2.09. The van der Waals surface area contributed by atoms with Gasteiger partial charge in [-0.05, 0) is 23.3 Å². The Labute approximate surface area is 127 Å². The summed E-state index contributed by atoms with van der Waals surface area (Å²) in [6.07, 6.45) is 1.78. The minimum Gasteiger partial charge on any atom is -0.254 e. The second-order valence-electron chi connectivity index (χ2n) is 4.90. The van der Waals surface area contributed by atoms with Crippen molar-refractivity contribution in [2.45, 2.75) is 0 Å². The molecule has 0 aliphatic carbocycles. The summed E-state index contributed by atoms with van der Waals surface area (Å²) in [6.45, 7) is 0. The lowest BCUT2D eigenvalue weighted by atomic mass is 10.00. The van der Waals surface area contributed by atoms with E-state index in [0.29, 0.717) is 5.15 Å². The van der Waals surface area contributed by atoms with Crippen molar-refractivity contribution in [3.63, 3.8) is 0 Å². The van der Waals surface area contributed by atoms with E-state index in [-0.39, 0.29) is 0 Å². The lowest BCUT2D eigenvalue weighted by molar-refractivity contribution is 1.37. The quantitative estimate of drug-likeness (QED) is 0.360. The largest absolute Gasteiger partial charge is 0.254 e. The van der Waals surface area contributed by atoms with Gasteiger partial charge in [0.2, 0.25) is 0 Å². The molecule has 3 heteroatoms. The average Bonchev–Trinajstić information content (AvgIpc) is 2.55. The topological polar surface area (TPSA) is 25.8 Å². The zero-order valence-corrected chi connectivity index (χ0v) is 11.9. The monoisotopic (exact) mass is 290 g/mol. The number of rotatable bonds is 1. The highest BCUT2D eigenvalue weighted by Gasteiger charge is 2.10. The maximum absolute atomic E-state index is 6.24. The highest BCUT2D eigenvalue weighted by atomic mass is 35.5. The van der Waals surface area contributed by atoms with Crippen molar-refractivity contribution in [3.05, 3.63) is 72.0 Å². The fraction of sp³-hybridized carbons (Fsp3) is 0. The SMILES string of the molecule is Clc1cc(-c2ccccc2)c2ccc3cccnc3c2n1. The van der Waals surface area contributed by atoms with Crippen LogP contribution in [-0.2, 0) is 0 Å². The number of nitrogens with zero attached hydrogens (tertiary/aromatic N) is 2. The lowest BCUT2D eigenvalue weighted by Crippen LogP contribution is -1.89. The first-order chi connectivity index (χ1) is 10.3. The number of hydrogen-bond acceptors (Lipinski definition) is 2. The van der Waals surface area contributed by atoms with Crippen LogP contribution in [0.15, 0.2) is 66.9 Å². The molecule has 0 atom stereocenters. The molecule has 4 aromatic rings. The van der Waals surface area contributed by atoms with Crippen LogP contribution in [0.1, 0.15) is 0 Å². The summed E-state index contributed by atoms with van der Waals surface area (Å²) >= 11 is 6.24.